The zero-order valence-corrected chi connectivity index (χ0v) is 22.7. The standard InChI is InChI=1S/C29H50O6/c1-7-17(15(2)3)26(33)25(32)16(4)19-8-9-20-18-14-35-27(34)22-12-23(30)24(31)13-29(22,6)21(18)10-11-28(19,20)5/h15-26,30-33H,7-14H2,1-6H3/t16-,17-,18-,19+,20?,21?,22+,23-,24+,25+,26+,28+,29+/m0/s1. The van der Waals surface area contributed by atoms with Crippen LogP contribution in [-0.2, 0) is 9.53 Å². The summed E-state index contributed by atoms with van der Waals surface area (Å²) < 4.78 is 5.88. The Kier molecular flexibility index (Phi) is 7.72. The van der Waals surface area contributed by atoms with Crippen LogP contribution < -0.4 is 0 Å². The van der Waals surface area contributed by atoms with E-state index < -0.39 is 24.4 Å². The molecule has 4 rings (SSSR count). The molecule has 0 bridgehead atoms. The number of cyclic esters (lactones) is 1. The van der Waals surface area contributed by atoms with Crippen LogP contribution in [0.3, 0.4) is 0 Å². The number of rotatable bonds is 6. The Balaban J connectivity index is 1.57. The fraction of sp³-hybridized carbons (Fsp3) is 0.966. The average Bonchev–Trinajstić information content (AvgIpc) is 3.11. The van der Waals surface area contributed by atoms with Gasteiger partial charge in [0.05, 0.1) is 36.9 Å². The Morgan fingerprint density at radius 3 is 2.26 bits per heavy atom. The van der Waals surface area contributed by atoms with Gasteiger partial charge in [0.25, 0.3) is 0 Å². The molecule has 13 atom stereocenters. The molecule has 3 aliphatic carbocycles. The van der Waals surface area contributed by atoms with E-state index in [1.807, 2.05) is 0 Å². The molecule has 0 aromatic rings. The Hall–Kier alpha value is -0.690. The molecule has 0 radical (unpaired) electrons. The topological polar surface area (TPSA) is 107 Å². The van der Waals surface area contributed by atoms with Crippen molar-refractivity contribution in [1.82, 2.24) is 0 Å². The average molecular weight is 495 g/mol. The SMILES string of the molecule is CC[C@@H](C(C)C)[C@@H](O)[C@H](O)[C@@H](C)[C@H]1CCC2[C@@H]3COC(=O)[C@H]4C[C@H](O)[C@H](O)C[C@]4(C)C3CC[C@@]21C. The minimum absolute atomic E-state index is 0.00679. The van der Waals surface area contributed by atoms with Crippen molar-refractivity contribution in [1.29, 1.82) is 0 Å². The molecular weight excluding hydrogens is 444 g/mol. The maximum atomic E-state index is 13.0. The lowest BCUT2D eigenvalue weighted by Gasteiger charge is -2.56. The van der Waals surface area contributed by atoms with Crippen LogP contribution in [0.2, 0.25) is 0 Å². The molecule has 4 N–H and O–H groups in total. The Bertz CT molecular complexity index is 770. The van der Waals surface area contributed by atoms with Crippen molar-refractivity contribution in [3.05, 3.63) is 0 Å². The van der Waals surface area contributed by atoms with Gasteiger partial charge < -0.3 is 25.2 Å². The van der Waals surface area contributed by atoms with E-state index in [0.29, 0.717) is 30.8 Å². The molecule has 0 spiro atoms. The molecule has 6 nitrogen and oxygen atoms in total. The number of esters is 1. The molecule has 3 saturated carbocycles. The van der Waals surface area contributed by atoms with Crippen molar-refractivity contribution >= 4 is 5.97 Å². The van der Waals surface area contributed by atoms with Gasteiger partial charge in [-0.15, -0.1) is 0 Å². The fourth-order valence-corrected chi connectivity index (χ4v) is 9.60. The van der Waals surface area contributed by atoms with E-state index >= 15 is 0 Å². The highest BCUT2D eigenvalue weighted by Crippen LogP contribution is 2.66. The van der Waals surface area contributed by atoms with Crippen LogP contribution in [-0.4, -0.2) is 57.4 Å². The van der Waals surface area contributed by atoms with Crippen LogP contribution in [0.4, 0.5) is 0 Å². The lowest BCUT2D eigenvalue weighted by Crippen LogP contribution is -2.55. The van der Waals surface area contributed by atoms with Gasteiger partial charge in [-0.05, 0) is 90.8 Å². The molecule has 1 aliphatic heterocycles. The number of carbonyl (C=O) groups is 1. The second-order valence-corrected chi connectivity index (χ2v) is 13.5. The first-order valence-corrected chi connectivity index (χ1v) is 14.3. The number of aliphatic hydroxyl groups is 4. The number of hydrogen-bond donors (Lipinski definition) is 4. The van der Waals surface area contributed by atoms with Gasteiger partial charge in [-0.1, -0.05) is 48.0 Å². The molecule has 0 amide bonds. The van der Waals surface area contributed by atoms with Gasteiger partial charge in [-0.3, -0.25) is 4.79 Å². The minimum atomic E-state index is -0.867. The molecule has 35 heavy (non-hydrogen) atoms. The van der Waals surface area contributed by atoms with Gasteiger partial charge in [0.2, 0.25) is 0 Å². The first-order valence-electron chi connectivity index (χ1n) is 14.3. The van der Waals surface area contributed by atoms with Crippen LogP contribution in [0, 0.1) is 58.2 Å². The van der Waals surface area contributed by atoms with Crippen LogP contribution in [0.25, 0.3) is 0 Å². The van der Waals surface area contributed by atoms with E-state index in [0.717, 1.165) is 32.1 Å². The summed E-state index contributed by atoms with van der Waals surface area (Å²) in [6, 6.07) is 0. The highest BCUT2D eigenvalue weighted by atomic mass is 16.5. The lowest BCUT2D eigenvalue weighted by atomic mass is 9.48. The molecule has 4 fully saturated rings. The first kappa shape index (κ1) is 27.3. The number of fused-ring (bicyclic) bond motifs is 5. The Morgan fingerprint density at radius 1 is 0.971 bits per heavy atom. The van der Waals surface area contributed by atoms with Crippen LogP contribution in [0.15, 0.2) is 0 Å². The third-order valence-corrected chi connectivity index (χ3v) is 11.7. The van der Waals surface area contributed by atoms with Crippen molar-refractivity contribution in [2.75, 3.05) is 6.61 Å². The van der Waals surface area contributed by atoms with Crippen LogP contribution in [0.1, 0.15) is 86.5 Å². The van der Waals surface area contributed by atoms with Gasteiger partial charge in [-0.25, -0.2) is 0 Å². The van der Waals surface area contributed by atoms with Gasteiger partial charge in [0, 0.05) is 0 Å². The summed E-state index contributed by atoms with van der Waals surface area (Å²) >= 11 is 0. The molecule has 4 aliphatic rings. The number of aliphatic hydroxyl groups excluding tert-OH is 4. The van der Waals surface area contributed by atoms with E-state index in [9.17, 15) is 25.2 Å². The normalized spacial score (nSPS) is 47.1. The molecule has 2 unspecified atom stereocenters. The predicted molar refractivity (Wildman–Crippen MR) is 134 cm³/mol. The smallest absolute Gasteiger partial charge is 0.309 e. The number of ether oxygens (including phenoxy) is 1. The van der Waals surface area contributed by atoms with Crippen LogP contribution >= 0.6 is 0 Å². The Morgan fingerprint density at radius 2 is 1.63 bits per heavy atom. The van der Waals surface area contributed by atoms with Crippen LogP contribution in [0.5, 0.6) is 0 Å². The first-order chi connectivity index (χ1) is 16.4. The van der Waals surface area contributed by atoms with Gasteiger partial charge in [0.15, 0.2) is 0 Å². The molecule has 1 heterocycles. The van der Waals surface area contributed by atoms with Gasteiger partial charge in [-0.2, -0.15) is 0 Å². The van der Waals surface area contributed by atoms with Crippen molar-refractivity contribution in [2.45, 2.75) is 111 Å². The highest BCUT2D eigenvalue weighted by Gasteiger charge is 2.63. The zero-order valence-electron chi connectivity index (χ0n) is 22.7. The summed E-state index contributed by atoms with van der Waals surface area (Å²) in [5, 5.41) is 43.2. The molecule has 0 aromatic carbocycles. The second kappa shape index (κ2) is 9.89. The van der Waals surface area contributed by atoms with Gasteiger partial charge in [0.1, 0.15) is 0 Å². The van der Waals surface area contributed by atoms with E-state index in [-0.39, 0.29) is 52.8 Å². The molecule has 202 valence electrons. The monoisotopic (exact) mass is 494 g/mol. The van der Waals surface area contributed by atoms with Crippen molar-refractivity contribution in [3.8, 4) is 0 Å². The third kappa shape index (κ3) is 4.38. The Labute approximate surface area is 211 Å². The maximum Gasteiger partial charge on any atom is 0.309 e. The maximum absolute atomic E-state index is 13.0. The molecule has 0 aromatic heterocycles. The van der Waals surface area contributed by atoms with E-state index in [4.69, 9.17) is 4.74 Å². The summed E-state index contributed by atoms with van der Waals surface area (Å²) in [5.41, 5.74) is -0.348. The molecular formula is C29H50O6. The fourth-order valence-electron chi connectivity index (χ4n) is 9.60. The zero-order chi connectivity index (χ0) is 25.9. The third-order valence-electron chi connectivity index (χ3n) is 11.7. The summed E-state index contributed by atoms with van der Waals surface area (Å²) in [4.78, 5) is 13.0. The summed E-state index contributed by atoms with van der Waals surface area (Å²) in [6.07, 6.45) is 2.49. The lowest BCUT2D eigenvalue weighted by molar-refractivity contribution is -0.162. The molecule has 1 saturated heterocycles. The summed E-state index contributed by atoms with van der Waals surface area (Å²) in [5.74, 6) is 1.01. The molecule has 6 heteroatoms. The van der Waals surface area contributed by atoms with E-state index in [1.54, 1.807) is 0 Å². The highest BCUT2D eigenvalue weighted by molar-refractivity contribution is 5.74. The van der Waals surface area contributed by atoms with Crippen molar-refractivity contribution < 1.29 is 30.0 Å². The van der Waals surface area contributed by atoms with Crippen molar-refractivity contribution in [3.63, 3.8) is 0 Å². The predicted octanol–water partition coefficient (Wildman–Crippen LogP) is 3.78. The summed E-state index contributed by atoms with van der Waals surface area (Å²) in [7, 11) is 0. The minimum Gasteiger partial charge on any atom is -0.465 e. The number of hydrogen-bond acceptors (Lipinski definition) is 6. The largest absolute Gasteiger partial charge is 0.465 e. The summed E-state index contributed by atoms with van der Waals surface area (Å²) in [6.45, 7) is 13.4. The van der Waals surface area contributed by atoms with Gasteiger partial charge >= 0.3 is 5.97 Å². The van der Waals surface area contributed by atoms with E-state index in [1.165, 1.54) is 0 Å². The quantitative estimate of drug-likeness (QED) is 0.419. The second-order valence-electron chi connectivity index (χ2n) is 13.5. The number of carbonyl (C=O) groups excluding carboxylic acids is 1. The van der Waals surface area contributed by atoms with E-state index in [2.05, 4.69) is 41.5 Å². The van der Waals surface area contributed by atoms with Crippen molar-refractivity contribution in [2.24, 2.45) is 58.2 Å².